The summed E-state index contributed by atoms with van der Waals surface area (Å²) in [6.07, 6.45) is -0.934. The van der Waals surface area contributed by atoms with E-state index in [0.717, 1.165) is 0 Å². The number of hydrogen-bond acceptors (Lipinski definition) is 3. The molecule has 1 aromatic rings. The van der Waals surface area contributed by atoms with Crippen LogP contribution in [0.4, 0.5) is 5.69 Å². The molecular weight excluding hydrogens is 102 g/mol. The van der Waals surface area contributed by atoms with Crippen molar-refractivity contribution in [1.82, 2.24) is 9.97 Å². The highest BCUT2D eigenvalue weighted by atomic mass is 14.8. The number of aryl methyl sites for hydroxylation is 1. The van der Waals surface area contributed by atoms with Crippen LogP contribution in [-0.4, -0.2) is 9.97 Å². The molecule has 0 saturated carbocycles. The predicted octanol–water partition coefficient (Wildman–Crippen LogP) is 0.367. The fraction of sp³-hybridized carbons (Fsp3) is 0.200. The number of aromatic nitrogens is 2. The standard InChI is InChI=1S/C5H7N3/c1-4-5(6)2-7-3-8-4/h2-3H,6H2,1H3/i1D3,2D,3D. The maximum Gasteiger partial charge on any atom is 0.115 e. The van der Waals surface area contributed by atoms with Crippen molar-refractivity contribution in [2.24, 2.45) is 0 Å². The molecule has 3 heteroatoms. The van der Waals surface area contributed by atoms with Gasteiger partial charge in [-0.15, -0.1) is 0 Å². The lowest BCUT2D eigenvalue weighted by atomic mass is 10.4. The molecule has 0 saturated heterocycles. The molecule has 0 radical (unpaired) electrons. The Morgan fingerprint density at radius 2 is 2.88 bits per heavy atom. The van der Waals surface area contributed by atoms with Crippen LogP contribution < -0.4 is 5.73 Å². The molecular formula is C5H7N3. The van der Waals surface area contributed by atoms with Crippen LogP contribution in [0.1, 0.15) is 12.5 Å². The topological polar surface area (TPSA) is 51.8 Å². The summed E-state index contributed by atoms with van der Waals surface area (Å²) in [5, 5.41) is 0. The first-order valence-corrected chi connectivity index (χ1v) is 1.93. The van der Waals surface area contributed by atoms with Crippen molar-refractivity contribution in [3.63, 3.8) is 0 Å². The van der Waals surface area contributed by atoms with Gasteiger partial charge in [-0.05, 0) is 6.85 Å². The molecule has 0 unspecified atom stereocenters. The Kier molecular flexibility index (Phi) is 0.374. The average molecular weight is 114 g/mol. The van der Waals surface area contributed by atoms with Crippen LogP contribution in [-0.2, 0) is 0 Å². The molecule has 2 N–H and O–H groups in total. The molecule has 8 heavy (non-hydrogen) atoms. The van der Waals surface area contributed by atoms with Crippen molar-refractivity contribution >= 4 is 5.69 Å². The van der Waals surface area contributed by atoms with Crippen LogP contribution in [0, 0.1) is 6.85 Å². The fourth-order valence-electron chi connectivity index (χ4n) is 0.273. The van der Waals surface area contributed by atoms with Crippen LogP contribution in [0.3, 0.4) is 0 Å². The van der Waals surface area contributed by atoms with E-state index in [0.29, 0.717) is 0 Å². The second kappa shape index (κ2) is 1.78. The Morgan fingerprint density at radius 3 is 3.62 bits per heavy atom. The molecule has 0 aromatic carbocycles. The third-order valence-electron chi connectivity index (χ3n) is 0.643. The van der Waals surface area contributed by atoms with Gasteiger partial charge in [-0.2, -0.15) is 0 Å². The van der Waals surface area contributed by atoms with Gasteiger partial charge in [0.2, 0.25) is 0 Å². The summed E-state index contributed by atoms with van der Waals surface area (Å²) < 4.78 is 35.2. The van der Waals surface area contributed by atoms with Gasteiger partial charge in [0.15, 0.2) is 0 Å². The highest BCUT2D eigenvalue weighted by Gasteiger charge is 1.87. The van der Waals surface area contributed by atoms with Gasteiger partial charge in [0.05, 0.1) is 18.9 Å². The third-order valence-corrected chi connectivity index (χ3v) is 0.643. The molecule has 0 aliphatic heterocycles. The minimum Gasteiger partial charge on any atom is -0.396 e. The van der Waals surface area contributed by atoms with Gasteiger partial charge in [0.25, 0.3) is 0 Å². The van der Waals surface area contributed by atoms with Crippen molar-refractivity contribution < 1.29 is 6.85 Å². The van der Waals surface area contributed by atoms with E-state index in [-0.39, 0.29) is 5.69 Å². The number of rotatable bonds is 0. The fourth-order valence-corrected chi connectivity index (χ4v) is 0.273. The van der Waals surface area contributed by atoms with E-state index in [4.69, 9.17) is 12.6 Å². The average Bonchev–Trinajstić information content (AvgIpc) is 1.94. The van der Waals surface area contributed by atoms with Crippen molar-refractivity contribution in [1.29, 1.82) is 0 Å². The first-order chi connectivity index (χ1) is 5.82. The Labute approximate surface area is 54.6 Å². The van der Waals surface area contributed by atoms with E-state index < -0.39 is 25.0 Å². The van der Waals surface area contributed by atoms with Crippen molar-refractivity contribution in [3.8, 4) is 0 Å². The zero-order valence-corrected chi connectivity index (χ0v) is 3.97. The molecule has 1 heterocycles. The molecule has 0 bridgehead atoms. The second-order valence-electron chi connectivity index (χ2n) is 1.20. The first kappa shape index (κ1) is 1.69. The van der Waals surface area contributed by atoms with Crippen LogP contribution in [0.25, 0.3) is 0 Å². The van der Waals surface area contributed by atoms with Gasteiger partial charge in [-0.1, -0.05) is 0 Å². The van der Waals surface area contributed by atoms with Gasteiger partial charge in [-0.25, -0.2) is 9.97 Å². The van der Waals surface area contributed by atoms with Gasteiger partial charge >= 0.3 is 0 Å². The molecule has 1 rings (SSSR count). The summed E-state index contributed by atoms with van der Waals surface area (Å²) in [6, 6.07) is 0. The summed E-state index contributed by atoms with van der Waals surface area (Å²) in [5.74, 6) is 0. The molecule has 3 nitrogen and oxygen atoms in total. The molecule has 0 atom stereocenters. The van der Waals surface area contributed by atoms with Crippen molar-refractivity contribution in [2.75, 3.05) is 5.73 Å². The Hall–Kier alpha value is -1.12. The molecule has 0 fully saturated rings. The first-order valence-electron chi connectivity index (χ1n) is 4.43. The maximum absolute atomic E-state index is 7.14. The minimum absolute atomic E-state index is 0.295. The van der Waals surface area contributed by atoms with Crippen LogP contribution in [0.2, 0.25) is 0 Å². The Morgan fingerprint density at radius 1 is 2.00 bits per heavy atom. The third kappa shape index (κ3) is 0.753. The SMILES string of the molecule is [2H]c1nc([2H])c(N)c(C([2H])([2H])[2H])n1. The van der Waals surface area contributed by atoms with Gasteiger partial charge in [0.1, 0.15) is 7.67 Å². The van der Waals surface area contributed by atoms with E-state index in [1.54, 1.807) is 0 Å². The summed E-state index contributed by atoms with van der Waals surface area (Å²) >= 11 is 0. The zero-order valence-electron chi connectivity index (χ0n) is 8.97. The summed E-state index contributed by atoms with van der Waals surface area (Å²) in [4.78, 5) is 6.65. The Bertz CT molecular complexity index is 334. The van der Waals surface area contributed by atoms with Gasteiger partial charge in [-0.3, -0.25) is 0 Å². The lowest BCUT2D eigenvalue weighted by Crippen LogP contribution is -1.92. The summed E-state index contributed by atoms with van der Waals surface area (Å²) in [5.41, 5.74) is 4.55. The van der Waals surface area contributed by atoms with Gasteiger partial charge < -0.3 is 5.73 Å². The Balaban J connectivity index is 3.37. The van der Waals surface area contributed by atoms with Crippen molar-refractivity contribution in [3.05, 3.63) is 18.2 Å². The molecule has 1 aromatic heterocycles. The highest BCUT2D eigenvalue weighted by molar-refractivity contribution is 5.37. The number of nitrogens with two attached hydrogens (primary N) is 1. The predicted molar refractivity (Wildman–Crippen MR) is 31.2 cm³/mol. The number of hydrogen-bond donors (Lipinski definition) is 1. The smallest absolute Gasteiger partial charge is 0.115 e. The molecule has 0 aliphatic rings. The van der Waals surface area contributed by atoms with E-state index in [1.165, 1.54) is 0 Å². The number of nitrogens with zero attached hydrogens (tertiary/aromatic N) is 2. The molecule has 0 spiro atoms. The molecule has 0 amide bonds. The molecule has 42 valence electrons. The summed E-state index contributed by atoms with van der Waals surface area (Å²) in [6.45, 7) is -2.50. The lowest BCUT2D eigenvalue weighted by Gasteiger charge is -1.91. The lowest BCUT2D eigenvalue weighted by molar-refractivity contribution is 1.11. The van der Waals surface area contributed by atoms with Gasteiger partial charge in [0, 0.05) is 4.11 Å². The largest absolute Gasteiger partial charge is 0.396 e. The van der Waals surface area contributed by atoms with E-state index in [9.17, 15) is 0 Å². The zero-order chi connectivity index (χ0) is 10.2. The van der Waals surface area contributed by atoms with Crippen LogP contribution >= 0.6 is 0 Å². The number of anilines is 1. The van der Waals surface area contributed by atoms with Crippen molar-refractivity contribution in [2.45, 2.75) is 6.85 Å². The van der Waals surface area contributed by atoms with Crippen LogP contribution in [0.5, 0.6) is 0 Å². The van der Waals surface area contributed by atoms with E-state index in [1.807, 2.05) is 0 Å². The van der Waals surface area contributed by atoms with E-state index >= 15 is 0 Å². The molecule has 0 aliphatic carbocycles. The minimum atomic E-state index is -2.50. The maximum atomic E-state index is 7.14. The normalized spacial score (nSPS) is 19.8. The van der Waals surface area contributed by atoms with E-state index in [2.05, 4.69) is 9.97 Å². The quantitative estimate of drug-likeness (QED) is 0.530. The second-order valence-corrected chi connectivity index (χ2v) is 1.20. The highest BCUT2D eigenvalue weighted by Crippen LogP contribution is 1.99. The number of nitrogen functional groups attached to an aromatic ring is 1. The van der Waals surface area contributed by atoms with Crippen LogP contribution in [0.15, 0.2) is 12.5 Å². The summed E-state index contributed by atoms with van der Waals surface area (Å²) in [7, 11) is 0. The monoisotopic (exact) mass is 114 g/mol.